The number of amides is 1. The summed E-state index contributed by atoms with van der Waals surface area (Å²) in [4.78, 5) is 25.4. The van der Waals surface area contributed by atoms with Gasteiger partial charge in [0.1, 0.15) is 12.1 Å². The minimum absolute atomic E-state index is 0.0856. The lowest BCUT2D eigenvalue weighted by atomic mass is 10.2. The van der Waals surface area contributed by atoms with Crippen LogP contribution in [0.5, 0.6) is 0 Å². The molecular weight excluding hydrogens is 378 g/mol. The number of hydrogen-bond acceptors (Lipinski definition) is 4. The van der Waals surface area contributed by atoms with Crippen molar-refractivity contribution in [3.05, 3.63) is 51.0 Å². The van der Waals surface area contributed by atoms with Crippen molar-refractivity contribution in [3.8, 4) is 5.69 Å². The average molecular weight is 400 g/mol. The number of fused-ring (bicyclic) bond motifs is 1. The Morgan fingerprint density at radius 3 is 2.54 bits per heavy atom. The van der Waals surface area contributed by atoms with E-state index >= 15 is 0 Å². The van der Waals surface area contributed by atoms with Gasteiger partial charge in [-0.1, -0.05) is 24.4 Å². The van der Waals surface area contributed by atoms with Crippen LogP contribution in [-0.2, 0) is 11.3 Å². The Kier molecular flexibility index (Phi) is 4.93. The lowest BCUT2D eigenvalue weighted by Crippen LogP contribution is -2.38. The molecule has 1 saturated carbocycles. The van der Waals surface area contributed by atoms with E-state index in [-0.39, 0.29) is 24.1 Å². The maximum atomic E-state index is 13.0. The van der Waals surface area contributed by atoms with Crippen LogP contribution in [0.15, 0.2) is 29.1 Å². The summed E-state index contributed by atoms with van der Waals surface area (Å²) in [6.45, 7) is 3.55. The Balaban J connectivity index is 1.71. The van der Waals surface area contributed by atoms with Gasteiger partial charge in [0.2, 0.25) is 5.91 Å². The second-order valence-electron chi connectivity index (χ2n) is 7.29. The number of hydrogen-bond donors (Lipinski definition) is 1. The molecule has 2 heterocycles. The van der Waals surface area contributed by atoms with E-state index in [4.69, 9.17) is 11.6 Å². The second-order valence-corrected chi connectivity index (χ2v) is 7.73. The van der Waals surface area contributed by atoms with Gasteiger partial charge in [0, 0.05) is 11.1 Å². The first-order valence-corrected chi connectivity index (χ1v) is 9.84. The number of aryl methyl sites for hydroxylation is 2. The Morgan fingerprint density at radius 2 is 1.86 bits per heavy atom. The van der Waals surface area contributed by atoms with E-state index in [1.807, 2.05) is 19.1 Å². The zero-order valence-electron chi connectivity index (χ0n) is 15.9. The molecular formula is C20H22ClN5O2. The lowest BCUT2D eigenvalue weighted by Gasteiger charge is -2.12. The summed E-state index contributed by atoms with van der Waals surface area (Å²) in [5.74, 6) is -0.178. The van der Waals surface area contributed by atoms with Gasteiger partial charge in [0.25, 0.3) is 5.56 Å². The fourth-order valence-corrected chi connectivity index (χ4v) is 3.96. The second kappa shape index (κ2) is 7.39. The highest BCUT2D eigenvalue weighted by Gasteiger charge is 2.21. The molecule has 3 aromatic rings. The van der Waals surface area contributed by atoms with E-state index in [1.165, 1.54) is 4.68 Å². The molecule has 28 heavy (non-hydrogen) atoms. The molecule has 0 unspecified atom stereocenters. The van der Waals surface area contributed by atoms with Crippen LogP contribution in [0.4, 0.5) is 0 Å². The number of halogens is 1. The van der Waals surface area contributed by atoms with E-state index in [0.29, 0.717) is 27.3 Å². The third-order valence-electron chi connectivity index (χ3n) is 5.26. The molecule has 7 nitrogen and oxygen atoms in total. The van der Waals surface area contributed by atoms with Crippen LogP contribution in [0, 0.1) is 13.8 Å². The largest absolute Gasteiger partial charge is 0.352 e. The van der Waals surface area contributed by atoms with E-state index in [9.17, 15) is 9.59 Å². The van der Waals surface area contributed by atoms with E-state index in [1.54, 1.807) is 23.7 Å². The molecule has 0 saturated heterocycles. The number of nitrogens with zero attached hydrogens (tertiary/aromatic N) is 4. The average Bonchev–Trinajstić information content (AvgIpc) is 3.28. The number of benzene rings is 1. The molecule has 0 aliphatic heterocycles. The van der Waals surface area contributed by atoms with Crippen molar-refractivity contribution in [2.75, 3.05) is 0 Å². The first-order chi connectivity index (χ1) is 13.4. The SMILES string of the molecule is Cc1nn(CC(=O)NC2CCCC2)c(=O)c2c(C)n(-c3ccc(Cl)cc3)nc12. The molecule has 0 bridgehead atoms. The van der Waals surface area contributed by atoms with Crippen molar-refractivity contribution in [2.24, 2.45) is 0 Å². The summed E-state index contributed by atoms with van der Waals surface area (Å²) in [7, 11) is 0. The topological polar surface area (TPSA) is 81.8 Å². The van der Waals surface area contributed by atoms with Gasteiger partial charge >= 0.3 is 0 Å². The highest BCUT2D eigenvalue weighted by atomic mass is 35.5. The molecule has 2 aromatic heterocycles. The molecule has 4 rings (SSSR count). The van der Waals surface area contributed by atoms with Crippen LogP contribution >= 0.6 is 11.6 Å². The third kappa shape index (κ3) is 3.42. The van der Waals surface area contributed by atoms with Gasteiger partial charge in [-0.25, -0.2) is 9.36 Å². The van der Waals surface area contributed by atoms with Gasteiger partial charge < -0.3 is 5.32 Å². The van der Waals surface area contributed by atoms with Gasteiger partial charge in [-0.15, -0.1) is 0 Å². The van der Waals surface area contributed by atoms with Crippen molar-refractivity contribution in [2.45, 2.75) is 52.1 Å². The van der Waals surface area contributed by atoms with Crippen molar-refractivity contribution < 1.29 is 4.79 Å². The summed E-state index contributed by atoms with van der Waals surface area (Å²) in [6, 6.07) is 7.45. The van der Waals surface area contributed by atoms with Crippen LogP contribution in [0.1, 0.15) is 37.1 Å². The summed E-state index contributed by atoms with van der Waals surface area (Å²) in [5, 5.41) is 13.0. The quantitative estimate of drug-likeness (QED) is 0.731. The first kappa shape index (κ1) is 18.7. The normalized spacial score (nSPS) is 14.7. The Labute approximate surface area is 167 Å². The molecule has 1 fully saturated rings. The van der Waals surface area contributed by atoms with E-state index in [0.717, 1.165) is 31.4 Å². The molecule has 8 heteroatoms. The lowest BCUT2D eigenvalue weighted by molar-refractivity contribution is -0.122. The summed E-state index contributed by atoms with van der Waals surface area (Å²) >= 11 is 5.97. The van der Waals surface area contributed by atoms with E-state index < -0.39 is 0 Å². The smallest absolute Gasteiger partial charge is 0.278 e. The van der Waals surface area contributed by atoms with Crippen molar-refractivity contribution in [1.29, 1.82) is 0 Å². The first-order valence-electron chi connectivity index (χ1n) is 9.46. The minimum Gasteiger partial charge on any atom is -0.352 e. The Hall–Kier alpha value is -2.67. The van der Waals surface area contributed by atoms with Crippen LogP contribution in [0.2, 0.25) is 5.02 Å². The van der Waals surface area contributed by atoms with Gasteiger partial charge in [-0.3, -0.25) is 9.59 Å². The van der Waals surface area contributed by atoms with E-state index in [2.05, 4.69) is 15.5 Å². The highest BCUT2D eigenvalue weighted by Crippen LogP contribution is 2.21. The monoisotopic (exact) mass is 399 g/mol. The molecule has 0 radical (unpaired) electrons. The summed E-state index contributed by atoms with van der Waals surface area (Å²) in [6.07, 6.45) is 4.27. The third-order valence-corrected chi connectivity index (χ3v) is 5.51. The standard InChI is InChI=1S/C20H22ClN5O2/c1-12-19-18(13(2)26(24-19)16-9-7-14(21)8-10-16)20(28)25(23-12)11-17(27)22-15-5-3-4-6-15/h7-10,15H,3-6,11H2,1-2H3,(H,22,27). The number of carbonyl (C=O) groups excluding carboxylic acids is 1. The molecule has 1 aliphatic carbocycles. The minimum atomic E-state index is -0.306. The zero-order valence-corrected chi connectivity index (χ0v) is 16.7. The van der Waals surface area contributed by atoms with Crippen LogP contribution in [0.3, 0.4) is 0 Å². The van der Waals surface area contributed by atoms with Gasteiger partial charge in [-0.05, 0) is 51.0 Å². The fraction of sp³-hybridized carbons (Fsp3) is 0.400. The van der Waals surface area contributed by atoms with Crippen molar-refractivity contribution in [1.82, 2.24) is 24.9 Å². The predicted octanol–water partition coefficient (Wildman–Crippen LogP) is 2.91. The van der Waals surface area contributed by atoms with Crippen LogP contribution in [-0.4, -0.2) is 31.5 Å². The molecule has 146 valence electrons. The van der Waals surface area contributed by atoms with Gasteiger partial charge in [0.15, 0.2) is 0 Å². The zero-order chi connectivity index (χ0) is 19.8. The molecule has 1 amide bonds. The molecule has 1 N–H and O–H groups in total. The molecule has 0 atom stereocenters. The molecule has 0 spiro atoms. The van der Waals surface area contributed by atoms with Gasteiger partial charge in [0.05, 0.1) is 22.5 Å². The number of rotatable bonds is 4. The highest BCUT2D eigenvalue weighted by molar-refractivity contribution is 6.30. The number of nitrogens with one attached hydrogen (secondary N) is 1. The summed E-state index contributed by atoms with van der Waals surface area (Å²) < 4.78 is 2.95. The Morgan fingerprint density at radius 1 is 1.18 bits per heavy atom. The number of aromatic nitrogens is 4. The predicted molar refractivity (Wildman–Crippen MR) is 108 cm³/mol. The number of carbonyl (C=O) groups is 1. The Bertz CT molecular complexity index is 1090. The summed E-state index contributed by atoms with van der Waals surface area (Å²) in [5.41, 5.74) is 2.36. The molecule has 1 aliphatic rings. The van der Waals surface area contributed by atoms with Crippen LogP contribution in [0.25, 0.3) is 16.6 Å². The fourth-order valence-electron chi connectivity index (χ4n) is 3.83. The van der Waals surface area contributed by atoms with Crippen molar-refractivity contribution >= 4 is 28.4 Å². The maximum Gasteiger partial charge on any atom is 0.278 e. The van der Waals surface area contributed by atoms with Crippen molar-refractivity contribution in [3.63, 3.8) is 0 Å². The maximum absolute atomic E-state index is 13.0. The molecule has 1 aromatic carbocycles. The van der Waals surface area contributed by atoms with Gasteiger partial charge in [-0.2, -0.15) is 10.2 Å². The van der Waals surface area contributed by atoms with Crippen LogP contribution < -0.4 is 10.9 Å².